The maximum Gasteiger partial charge on any atom is 0.194 e. The number of benzene rings is 1. The van der Waals surface area contributed by atoms with Crippen LogP contribution in [0.5, 0.6) is 0 Å². The summed E-state index contributed by atoms with van der Waals surface area (Å²) in [6.45, 7) is 1.48. The molecule has 0 saturated heterocycles. The minimum absolute atomic E-state index is 0.0739. The van der Waals surface area contributed by atoms with Crippen LogP contribution < -0.4 is 0 Å². The van der Waals surface area contributed by atoms with Crippen LogP contribution in [0.4, 0.5) is 0 Å². The summed E-state index contributed by atoms with van der Waals surface area (Å²) < 4.78 is 0. The Morgan fingerprint density at radius 3 is 2.53 bits per heavy atom. The molecule has 4 heteroatoms. The lowest BCUT2D eigenvalue weighted by Crippen LogP contribution is -1.93. The number of aromatic amines is 1. The molecule has 1 aromatic carbocycles. The Labute approximate surface area is 92.1 Å². The third-order valence-corrected chi connectivity index (χ3v) is 2.32. The van der Waals surface area contributed by atoms with E-state index in [-0.39, 0.29) is 5.78 Å². The average Bonchev–Trinajstić information content (AvgIpc) is 2.68. The topological polar surface area (TPSA) is 45.8 Å². The summed E-state index contributed by atoms with van der Waals surface area (Å²) >= 11 is 5.77. The smallest absolute Gasteiger partial charge is 0.194 e. The van der Waals surface area contributed by atoms with E-state index in [9.17, 15) is 4.79 Å². The third-order valence-electron chi connectivity index (χ3n) is 2.06. The first-order chi connectivity index (χ1) is 7.16. The number of ketones is 1. The molecule has 0 aliphatic heterocycles. The van der Waals surface area contributed by atoms with Gasteiger partial charge >= 0.3 is 0 Å². The van der Waals surface area contributed by atoms with Gasteiger partial charge in [0.2, 0.25) is 0 Å². The van der Waals surface area contributed by atoms with Crippen LogP contribution in [0.25, 0.3) is 11.3 Å². The van der Waals surface area contributed by atoms with Gasteiger partial charge in [0, 0.05) is 11.9 Å². The molecular weight excluding hydrogens is 212 g/mol. The van der Waals surface area contributed by atoms with Gasteiger partial charge in [-0.3, -0.25) is 4.79 Å². The number of carbonyl (C=O) groups is 1. The van der Waals surface area contributed by atoms with E-state index < -0.39 is 0 Å². The number of aromatic nitrogens is 2. The van der Waals surface area contributed by atoms with Crippen molar-refractivity contribution in [3.63, 3.8) is 0 Å². The fourth-order valence-corrected chi connectivity index (χ4v) is 1.40. The van der Waals surface area contributed by atoms with Gasteiger partial charge in [-0.25, -0.2) is 4.98 Å². The number of imidazole rings is 1. The van der Waals surface area contributed by atoms with Crippen LogP contribution >= 0.6 is 11.6 Å². The zero-order valence-corrected chi connectivity index (χ0v) is 8.88. The van der Waals surface area contributed by atoms with Crippen molar-refractivity contribution in [1.82, 2.24) is 9.97 Å². The highest BCUT2D eigenvalue weighted by molar-refractivity contribution is 6.30. The van der Waals surface area contributed by atoms with Crippen LogP contribution in [-0.4, -0.2) is 15.8 Å². The summed E-state index contributed by atoms with van der Waals surface area (Å²) in [6, 6.07) is 7.34. The molecule has 0 saturated carbocycles. The van der Waals surface area contributed by atoms with Crippen LogP contribution in [0, 0.1) is 0 Å². The molecule has 0 atom stereocenters. The van der Waals surface area contributed by atoms with E-state index >= 15 is 0 Å². The molecule has 0 fully saturated rings. The van der Waals surface area contributed by atoms with Gasteiger partial charge < -0.3 is 4.98 Å². The molecule has 0 unspecified atom stereocenters. The minimum Gasteiger partial charge on any atom is -0.336 e. The van der Waals surface area contributed by atoms with Crippen LogP contribution in [0.15, 0.2) is 30.5 Å². The van der Waals surface area contributed by atoms with Crippen molar-refractivity contribution in [2.45, 2.75) is 6.92 Å². The number of rotatable bonds is 2. The van der Waals surface area contributed by atoms with Gasteiger partial charge in [0.1, 0.15) is 0 Å². The van der Waals surface area contributed by atoms with Crippen molar-refractivity contribution in [2.75, 3.05) is 0 Å². The van der Waals surface area contributed by atoms with Crippen LogP contribution in [0.2, 0.25) is 5.02 Å². The van der Waals surface area contributed by atoms with Gasteiger partial charge in [0.25, 0.3) is 0 Å². The van der Waals surface area contributed by atoms with Crippen LogP contribution in [0.1, 0.15) is 17.5 Å². The number of hydrogen-bond acceptors (Lipinski definition) is 2. The summed E-state index contributed by atoms with van der Waals surface area (Å²) in [5.74, 6) is 0.301. The summed E-state index contributed by atoms with van der Waals surface area (Å²) in [5, 5.41) is 0.685. The lowest BCUT2D eigenvalue weighted by molar-refractivity contribution is 0.100. The summed E-state index contributed by atoms with van der Waals surface area (Å²) in [7, 11) is 0. The first-order valence-electron chi connectivity index (χ1n) is 4.48. The summed E-state index contributed by atoms with van der Waals surface area (Å²) in [6.07, 6.45) is 1.64. The minimum atomic E-state index is -0.0739. The van der Waals surface area contributed by atoms with Gasteiger partial charge in [0.05, 0.1) is 11.9 Å². The molecule has 0 aliphatic rings. The highest BCUT2D eigenvalue weighted by atomic mass is 35.5. The summed E-state index contributed by atoms with van der Waals surface area (Å²) in [4.78, 5) is 18.0. The number of carbonyl (C=O) groups excluding carboxylic acids is 1. The second kappa shape index (κ2) is 3.87. The van der Waals surface area contributed by atoms with Crippen LogP contribution in [0.3, 0.4) is 0 Å². The van der Waals surface area contributed by atoms with E-state index in [2.05, 4.69) is 9.97 Å². The second-order valence-corrected chi connectivity index (χ2v) is 3.64. The Morgan fingerprint density at radius 1 is 1.33 bits per heavy atom. The molecule has 0 radical (unpaired) electrons. The fourth-order valence-electron chi connectivity index (χ4n) is 1.28. The third kappa shape index (κ3) is 2.07. The normalized spacial score (nSPS) is 10.3. The van der Waals surface area contributed by atoms with Gasteiger partial charge in [-0.15, -0.1) is 0 Å². The lowest BCUT2D eigenvalue weighted by atomic mass is 10.2. The zero-order valence-electron chi connectivity index (χ0n) is 8.12. The summed E-state index contributed by atoms with van der Waals surface area (Å²) in [5.41, 5.74) is 1.77. The zero-order chi connectivity index (χ0) is 10.8. The average molecular weight is 221 g/mol. The van der Waals surface area contributed by atoms with Gasteiger partial charge in [0.15, 0.2) is 11.6 Å². The largest absolute Gasteiger partial charge is 0.336 e. The molecular formula is C11H9ClN2O. The Hall–Kier alpha value is -1.61. The molecule has 15 heavy (non-hydrogen) atoms. The fraction of sp³-hybridized carbons (Fsp3) is 0.0909. The van der Waals surface area contributed by atoms with Gasteiger partial charge in [-0.2, -0.15) is 0 Å². The molecule has 0 amide bonds. The van der Waals surface area contributed by atoms with Crippen molar-refractivity contribution in [3.8, 4) is 11.3 Å². The molecule has 0 spiro atoms. The highest BCUT2D eigenvalue weighted by Gasteiger charge is 2.05. The Morgan fingerprint density at radius 2 is 2.00 bits per heavy atom. The van der Waals surface area contributed by atoms with Crippen molar-refractivity contribution >= 4 is 17.4 Å². The molecule has 0 bridgehead atoms. The van der Waals surface area contributed by atoms with E-state index in [1.54, 1.807) is 18.3 Å². The number of Topliss-reactive ketones (excluding diaryl/α,β-unsaturated/α-hetero) is 1. The lowest BCUT2D eigenvalue weighted by Gasteiger charge is -1.96. The number of hydrogen-bond donors (Lipinski definition) is 1. The quantitative estimate of drug-likeness (QED) is 0.791. The molecule has 1 aromatic heterocycles. The molecule has 1 N–H and O–H groups in total. The molecule has 1 heterocycles. The molecule has 2 aromatic rings. The molecule has 2 rings (SSSR count). The number of nitrogens with one attached hydrogen (secondary N) is 1. The first kappa shape index (κ1) is 9.93. The van der Waals surface area contributed by atoms with Gasteiger partial charge in [-0.1, -0.05) is 23.7 Å². The Kier molecular flexibility index (Phi) is 2.56. The van der Waals surface area contributed by atoms with E-state index in [0.29, 0.717) is 10.8 Å². The predicted molar refractivity (Wildman–Crippen MR) is 59.0 cm³/mol. The number of nitrogens with zero attached hydrogens (tertiary/aromatic N) is 1. The Balaban J connectivity index is 2.37. The van der Waals surface area contributed by atoms with Gasteiger partial charge in [-0.05, 0) is 17.7 Å². The predicted octanol–water partition coefficient (Wildman–Crippen LogP) is 2.93. The standard InChI is InChI=1S/C11H9ClN2O/c1-7(15)11-13-6-10(14-11)8-2-4-9(12)5-3-8/h2-6H,1H3,(H,13,14). The maximum absolute atomic E-state index is 11.0. The SMILES string of the molecule is CC(=O)c1ncc(-c2ccc(Cl)cc2)[nH]1. The van der Waals surface area contributed by atoms with E-state index in [4.69, 9.17) is 11.6 Å². The van der Waals surface area contributed by atoms with E-state index in [1.807, 2.05) is 12.1 Å². The van der Waals surface area contributed by atoms with Crippen molar-refractivity contribution in [1.29, 1.82) is 0 Å². The molecule has 76 valence electrons. The maximum atomic E-state index is 11.0. The van der Waals surface area contributed by atoms with E-state index in [0.717, 1.165) is 11.3 Å². The second-order valence-electron chi connectivity index (χ2n) is 3.21. The van der Waals surface area contributed by atoms with E-state index in [1.165, 1.54) is 6.92 Å². The van der Waals surface area contributed by atoms with Crippen molar-refractivity contribution in [2.24, 2.45) is 0 Å². The van der Waals surface area contributed by atoms with Crippen molar-refractivity contribution < 1.29 is 4.79 Å². The molecule has 3 nitrogen and oxygen atoms in total. The molecule has 0 aliphatic carbocycles. The number of halogens is 1. The first-order valence-corrected chi connectivity index (χ1v) is 4.86. The highest BCUT2D eigenvalue weighted by Crippen LogP contribution is 2.19. The van der Waals surface area contributed by atoms with Crippen molar-refractivity contribution in [3.05, 3.63) is 41.3 Å². The van der Waals surface area contributed by atoms with Crippen LogP contribution in [-0.2, 0) is 0 Å². The monoisotopic (exact) mass is 220 g/mol. The Bertz CT molecular complexity index is 488. The number of H-pyrrole nitrogens is 1.